The third kappa shape index (κ3) is 1.52. The lowest BCUT2D eigenvalue weighted by Gasteiger charge is -2.17. The number of aromatic nitrogens is 2. The minimum atomic E-state index is 0.0150. The van der Waals surface area contributed by atoms with Gasteiger partial charge in [-0.3, -0.25) is 4.79 Å². The molecule has 2 heterocycles. The summed E-state index contributed by atoms with van der Waals surface area (Å²) in [5.41, 5.74) is 0.983. The van der Waals surface area contributed by atoms with Crippen molar-refractivity contribution in [2.24, 2.45) is 7.05 Å². The predicted octanol–water partition coefficient (Wildman–Crippen LogP) is 0.712. The summed E-state index contributed by atoms with van der Waals surface area (Å²) in [7, 11) is 3.69. The van der Waals surface area contributed by atoms with Crippen LogP contribution < -0.4 is 10.5 Å². The Bertz CT molecular complexity index is 402. The van der Waals surface area contributed by atoms with Gasteiger partial charge in [0.05, 0.1) is 16.8 Å². The maximum absolute atomic E-state index is 11.8. The molecule has 0 fully saturated rings. The molecule has 76 valence electrons. The topological polar surface area (TPSA) is 38.1 Å². The molecule has 0 N–H and O–H groups in total. The first kappa shape index (κ1) is 9.58. The first-order chi connectivity index (χ1) is 6.70. The number of aryl methyl sites for hydroxylation is 1. The normalized spacial score (nSPS) is 16.3. The lowest BCUT2D eigenvalue weighted by molar-refractivity contribution is 0.684. The van der Waals surface area contributed by atoms with Crippen molar-refractivity contribution in [2.45, 2.75) is 11.3 Å². The minimum Gasteiger partial charge on any atom is -0.372 e. The van der Waals surface area contributed by atoms with Crippen LogP contribution in [-0.2, 0) is 7.05 Å². The lowest BCUT2D eigenvalue weighted by atomic mass is 10.4. The zero-order valence-electron chi connectivity index (χ0n) is 8.36. The number of hydrogen-bond donors (Lipinski definition) is 0. The zero-order valence-corrected chi connectivity index (χ0v) is 9.17. The van der Waals surface area contributed by atoms with E-state index in [0.29, 0.717) is 0 Å². The van der Waals surface area contributed by atoms with E-state index in [2.05, 4.69) is 10.00 Å². The SMILES string of the molecule is CN1CCCSc2c1cnn(C)c2=O. The van der Waals surface area contributed by atoms with Gasteiger partial charge in [0.15, 0.2) is 0 Å². The van der Waals surface area contributed by atoms with Crippen LogP contribution in [-0.4, -0.2) is 29.1 Å². The molecule has 0 spiro atoms. The van der Waals surface area contributed by atoms with Gasteiger partial charge in [0.2, 0.25) is 0 Å². The van der Waals surface area contributed by atoms with Gasteiger partial charge in [0.1, 0.15) is 0 Å². The lowest BCUT2D eigenvalue weighted by Crippen LogP contribution is -2.25. The molecule has 0 amide bonds. The van der Waals surface area contributed by atoms with Gasteiger partial charge < -0.3 is 4.90 Å². The quantitative estimate of drug-likeness (QED) is 0.633. The van der Waals surface area contributed by atoms with E-state index in [0.717, 1.165) is 29.3 Å². The molecule has 1 aromatic rings. The molecule has 0 atom stereocenters. The Labute approximate surface area is 86.9 Å². The van der Waals surface area contributed by atoms with Crippen LogP contribution >= 0.6 is 11.8 Å². The van der Waals surface area contributed by atoms with E-state index in [1.165, 1.54) is 4.68 Å². The van der Waals surface area contributed by atoms with Crippen molar-refractivity contribution in [3.63, 3.8) is 0 Å². The summed E-state index contributed by atoms with van der Waals surface area (Å²) < 4.78 is 1.39. The molecule has 0 aromatic carbocycles. The molecule has 2 rings (SSSR count). The molecule has 0 bridgehead atoms. The highest BCUT2D eigenvalue weighted by Crippen LogP contribution is 2.28. The molecule has 0 radical (unpaired) electrons. The fourth-order valence-corrected chi connectivity index (χ4v) is 2.60. The monoisotopic (exact) mass is 211 g/mol. The average Bonchev–Trinajstić information content (AvgIpc) is 2.35. The molecule has 0 saturated heterocycles. The van der Waals surface area contributed by atoms with Gasteiger partial charge in [0.25, 0.3) is 5.56 Å². The number of anilines is 1. The average molecular weight is 211 g/mol. The summed E-state index contributed by atoms with van der Waals surface area (Å²) >= 11 is 1.64. The highest BCUT2D eigenvalue weighted by Gasteiger charge is 2.16. The first-order valence-electron chi connectivity index (χ1n) is 4.60. The zero-order chi connectivity index (χ0) is 10.1. The third-order valence-corrected chi connectivity index (χ3v) is 3.53. The number of hydrogen-bond acceptors (Lipinski definition) is 4. The van der Waals surface area contributed by atoms with E-state index < -0.39 is 0 Å². The van der Waals surface area contributed by atoms with Crippen molar-refractivity contribution in [1.82, 2.24) is 9.78 Å². The van der Waals surface area contributed by atoms with Crippen LogP contribution in [0.2, 0.25) is 0 Å². The fourth-order valence-electron chi connectivity index (χ4n) is 1.51. The van der Waals surface area contributed by atoms with Crippen LogP contribution in [0.5, 0.6) is 0 Å². The highest BCUT2D eigenvalue weighted by molar-refractivity contribution is 7.99. The van der Waals surface area contributed by atoms with Gasteiger partial charge in [-0.2, -0.15) is 5.10 Å². The molecule has 1 aliphatic rings. The molecule has 0 aliphatic carbocycles. The number of fused-ring (bicyclic) bond motifs is 1. The van der Waals surface area contributed by atoms with Gasteiger partial charge in [-0.25, -0.2) is 4.68 Å². The van der Waals surface area contributed by atoms with Crippen molar-refractivity contribution in [2.75, 3.05) is 24.2 Å². The summed E-state index contributed by atoms with van der Waals surface area (Å²) in [5, 5.41) is 4.03. The van der Waals surface area contributed by atoms with Crippen molar-refractivity contribution >= 4 is 17.4 Å². The van der Waals surface area contributed by atoms with E-state index in [-0.39, 0.29) is 5.56 Å². The minimum absolute atomic E-state index is 0.0150. The maximum Gasteiger partial charge on any atom is 0.282 e. The second kappa shape index (κ2) is 3.65. The second-order valence-electron chi connectivity index (χ2n) is 3.41. The summed E-state index contributed by atoms with van der Waals surface area (Å²) in [6, 6.07) is 0. The van der Waals surface area contributed by atoms with Crippen LogP contribution in [0.3, 0.4) is 0 Å². The number of rotatable bonds is 0. The van der Waals surface area contributed by atoms with E-state index in [9.17, 15) is 4.79 Å². The maximum atomic E-state index is 11.8. The smallest absolute Gasteiger partial charge is 0.282 e. The largest absolute Gasteiger partial charge is 0.372 e. The van der Waals surface area contributed by atoms with Gasteiger partial charge in [0, 0.05) is 20.6 Å². The third-order valence-electron chi connectivity index (χ3n) is 2.37. The first-order valence-corrected chi connectivity index (χ1v) is 5.59. The van der Waals surface area contributed by atoms with Crippen LogP contribution in [0.25, 0.3) is 0 Å². The van der Waals surface area contributed by atoms with Gasteiger partial charge in [-0.1, -0.05) is 0 Å². The fraction of sp³-hybridized carbons (Fsp3) is 0.556. The van der Waals surface area contributed by atoms with Crippen LogP contribution in [0.4, 0.5) is 5.69 Å². The highest BCUT2D eigenvalue weighted by atomic mass is 32.2. The van der Waals surface area contributed by atoms with E-state index in [4.69, 9.17) is 0 Å². The Morgan fingerprint density at radius 1 is 1.50 bits per heavy atom. The van der Waals surface area contributed by atoms with Crippen LogP contribution in [0.1, 0.15) is 6.42 Å². The summed E-state index contributed by atoms with van der Waals surface area (Å²) in [6.07, 6.45) is 2.88. The van der Waals surface area contributed by atoms with Crippen LogP contribution in [0, 0.1) is 0 Å². The molecular formula is C9H13N3OS. The number of nitrogens with zero attached hydrogens (tertiary/aromatic N) is 3. The Morgan fingerprint density at radius 3 is 3.07 bits per heavy atom. The van der Waals surface area contributed by atoms with Crippen molar-refractivity contribution < 1.29 is 0 Å². The van der Waals surface area contributed by atoms with Gasteiger partial charge >= 0.3 is 0 Å². The molecule has 1 aromatic heterocycles. The van der Waals surface area contributed by atoms with Crippen molar-refractivity contribution in [1.29, 1.82) is 0 Å². The number of thioether (sulfide) groups is 1. The van der Waals surface area contributed by atoms with E-state index in [1.54, 1.807) is 25.0 Å². The van der Waals surface area contributed by atoms with Gasteiger partial charge in [-0.05, 0) is 12.2 Å². The Morgan fingerprint density at radius 2 is 2.29 bits per heavy atom. The standard InChI is InChI=1S/C9H13N3OS/c1-11-4-3-5-14-8-7(11)6-10-12(2)9(8)13/h6H,3-5H2,1-2H3. The molecule has 0 unspecified atom stereocenters. The molecular weight excluding hydrogens is 198 g/mol. The molecule has 1 aliphatic heterocycles. The summed E-state index contributed by atoms with van der Waals surface area (Å²) in [4.78, 5) is 14.7. The Balaban J connectivity index is 2.58. The second-order valence-corrected chi connectivity index (χ2v) is 4.52. The van der Waals surface area contributed by atoms with Crippen LogP contribution in [0.15, 0.2) is 15.9 Å². The molecule has 14 heavy (non-hydrogen) atoms. The molecule has 4 nitrogen and oxygen atoms in total. The Kier molecular flexibility index (Phi) is 2.50. The molecule has 0 saturated carbocycles. The van der Waals surface area contributed by atoms with E-state index in [1.807, 2.05) is 7.05 Å². The predicted molar refractivity (Wildman–Crippen MR) is 58.1 cm³/mol. The summed E-state index contributed by atoms with van der Waals surface area (Å²) in [6.45, 7) is 0.995. The Hall–Kier alpha value is -0.970. The van der Waals surface area contributed by atoms with Crippen molar-refractivity contribution in [3.8, 4) is 0 Å². The van der Waals surface area contributed by atoms with E-state index >= 15 is 0 Å². The van der Waals surface area contributed by atoms with Gasteiger partial charge in [-0.15, -0.1) is 11.8 Å². The van der Waals surface area contributed by atoms with Crippen molar-refractivity contribution in [3.05, 3.63) is 16.6 Å². The molecule has 5 heteroatoms. The summed E-state index contributed by atoms with van der Waals surface area (Å²) in [5.74, 6) is 1.01.